The van der Waals surface area contributed by atoms with Crippen LogP contribution in [0.4, 0.5) is 5.69 Å². The second kappa shape index (κ2) is 7.63. The molecule has 1 heterocycles. The summed E-state index contributed by atoms with van der Waals surface area (Å²) in [5, 5.41) is 21.2. The molecule has 4 N–H and O–H groups in total. The molecule has 0 atom stereocenters. The van der Waals surface area contributed by atoms with Crippen LogP contribution >= 0.6 is 15.9 Å². The molecule has 6 nitrogen and oxygen atoms in total. The highest BCUT2D eigenvalue weighted by molar-refractivity contribution is 9.10. The van der Waals surface area contributed by atoms with Crippen molar-refractivity contribution in [2.24, 2.45) is 10.9 Å². The van der Waals surface area contributed by atoms with Crippen molar-refractivity contribution in [3.63, 3.8) is 0 Å². The van der Waals surface area contributed by atoms with Gasteiger partial charge in [0.25, 0.3) is 0 Å². The molecular formula is C14H21BrN4O2. The highest BCUT2D eigenvalue weighted by Gasteiger charge is 2.20. The van der Waals surface area contributed by atoms with Gasteiger partial charge in [-0.3, -0.25) is 4.90 Å². The lowest BCUT2D eigenvalue weighted by Gasteiger charge is -2.26. The van der Waals surface area contributed by atoms with E-state index in [-0.39, 0.29) is 12.4 Å². The summed E-state index contributed by atoms with van der Waals surface area (Å²) in [5.41, 5.74) is 7.50. The first-order valence-electron chi connectivity index (χ1n) is 7.02. The van der Waals surface area contributed by atoms with Gasteiger partial charge in [0, 0.05) is 36.3 Å². The minimum Gasteiger partial charge on any atom is -0.409 e. The Hall–Kier alpha value is -1.31. The quantitative estimate of drug-likeness (QED) is 0.325. The average Bonchev–Trinajstić information content (AvgIpc) is 2.72. The van der Waals surface area contributed by atoms with Gasteiger partial charge >= 0.3 is 0 Å². The summed E-state index contributed by atoms with van der Waals surface area (Å²) in [5.74, 6) is 0.105. The summed E-state index contributed by atoms with van der Waals surface area (Å²) in [7, 11) is 0. The summed E-state index contributed by atoms with van der Waals surface area (Å²) in [6.07, 6.45) is 1.02. The number of aliphatic hydroxyl groups is 1. The van der Waals surface area contributed by atoms with E-state index in [0.717, 1.165) is 48.3 Å². The predicted molar refractivity (Wildman–Crippen MR) is 87.0 cm³/mol. The molecule has 0 amide bonds. The highest BCUT2D eigenvalue weighted by Crippen LogP contribution is 2.28. The van der Waals surface area contributed by atoms with Crippen molar-refractivity contribution in [3.8, 4) is 0 Å². The third-order valence-corrected chi connectivity index (χ3v) is 4.36. The fourth-order valence-electron chi connectivity index (χ4n) is 2.66. The fraction of sp³-hybridized carbons (Fsp3) is 0.500. The zero-order valence-corrected chi connectivity index (χ0v) is 13.5. The molecule has 1 aromatic rings. The first kappa shape index (κ1) is 16.1. The van der Waals surface area contributed by atoms with Crippen LogP contribution in [0.2, 0.25) is 0 Å². The number of aliphatic hydroxyl groups excluding tert-OH is 1. The molecule has 0 bridgehead atoms. The molecule has 1 saturated heterocycles. The Bertz CT molecular complexity index is 510. The summed E-state index contributed by atoms with van der Waals surface area (Å²) in [4.78, 5) is 4.50. The molecule has 116 valence electrons. The molecule has 2 rings (SSSR count). The number of hydrogen-bond donors (Lipinski definition) is 3. The van der Waals surface area contributed by atoms with E-state index >= 15 is 0 Å². The summed E-state index contributed by atoms with van der Waals surface area (Å²) < 4.78 is 0.812. The van der Waals surface area contributed by atoms with Gasteiger partial charge in [-0.2, -0.15) is 0 Å². The zero-order valence-electron chi connectivity index (χ0n) is 11.9. The van der Waals surface area contributed by atoms with E-state index in [0.29, 0.717) is 6.54 Å². The molecule has 7 heteroatoms. The van der Waals surface area contributed by atoms with Crippen LogP contribution in [0.15, 0.2) is 27.8 Å². The second-order valence-corrected chi connectivity index (χ2v) is 5.88. The van der Waals surface area contributed by atoms with Gasteiger partial charge in [-0.05, 0) is 41.0 Å². The smallest absolute Gasteiger partial charge is 0.173 e. The molecule has 1 aliphatic heterocycles. The van der Waals surface area contributed by atoms with Crippen LogP contribution in [0, 0.1) is 0 Å². The van der Waals surface area contributed by atoms with Crippen LogP contribution in [-0.2, 0) is 0 Å². The molecule has 0 aliphatic carbocycles. The number of nitrogens with zero attached hydrogens (tertiary/aromatic N) is 3. The highest BCUT2D eigenvalue weighted by atomic mass is 79.9. The largest absolute Gasteiger partial charge is 0.409 e. The lowest BCUT2D eigenvalue weighted by atomic mass is 10.1. The van der Waals surface area contributed by atoms with Crippen LogP contribution in [0.3, 0.4) is 0 Å². The number of oxime groups is 1. The monoisotopic (exact) mass is 356 g/mol. The van der Waals surface area contributed by atoms with Crippen molar-refractivity contribution in [3.05, 3.63) is 28.2 Å². The maximum atomic E-state index is 9.06. The SMILES string of the molecule is N/C(=N/O)c1c(Br)cccc1N1CCCN(CCO)CC1. The number of anilines is 1. The molecule has 21 heavy (non-hydrogen) atoms. The van der Waals surface area contributed by atoms with Crippen molar-refractivity contribution in [2.45, 2.75) is 6.42 Å². The maximum absolute atomic E-state index is 9.06. The van der Waals surface area contributed by atoms with E-state index in [9.17, 15) is 0 Å². The normalized spacial score (nSPS) is 17.8. The van der Waals surface area contributed by atoms with Gasteiger partial charge in [-0.1, -0.05) is 11.2 Å². The van der Waals surface area contributed by atoms with E-state index in [1.54, 1.807) is 0 Å². The van der Waals surface area contributed by atoms with E-state index in [4.69, 9.17) is 16.0 Å². The summed E-state index contributed by atoms with van der Waals surface area (Å²) in [6.45, 7) is 4.52. The van der Waals surface area contributed by atoms with Gasteiger partial charge in [0.2, 0.25) is 0 Å². The van der Waals surface area contributed by atoms with Crippen LogP contribution in [0.25, 0.3) is 0 Å². The van der Waals surface area contributed by atoms with E-state index in [1.165, 1.54) is 0 Å². The molecule has 0 unspecified atom stereocenters. The number of rotatable bonds is 4. The van der Waals surface area contributed by atoms with Crippen LogP contribution in [-0.4, -0.2) is 60.4 Å². The first-order chi connectivity index (χ1) is 10.2. The fourth-order valence-corrected chi connectivity index (χ4v) is 3.22. The van der Waals surface area contributed by atoms with Gasteiger partial charge in [0.05, 0.1) is 12.2 Å². The van der Waals surface area contributed by atoms with Crippen molar-refractivity contribution in [1.29, 1.82) is 0 Å². The Morgan fingerprint density at radius 1 is 1.29 bits per heavy atom. The number of halogens is 1. The number of benzene rings is 1. The summed E-state index contributed by atoms with van der Waals surface area (Å²) in [6, 6.07) is 5.82. The summed E-state index contributed by atoms with van der Waals surface area (Å²) >= 11 is 3.47. The number of hydrogen-bond acceptors (Lipinski definition) is 5. The molecule has 0 aromatic heterocycles. The minimum absolute atomic E-state index is 0.105. The second-order valence-electron chi connectivity index (χ2n) is 5.03. The third kappa shape index (κ3) is 3.87. The number of nitrogens with two attached hydrogens (primary N) is 1. The average molecular weight is 357 g/mol. The van der Waals surface area contributed by atoms with Crippen molar-refractivity contribution >= 4 is 27.5 Å². The van der Waals surface area contributed by atoms with Gasteiger partial charge in [-0.25, -0.2) is 0 Å². The van der Waals surface area contributed by atoms with Gasteiger partial charge in [0.15, 0.2) is 5.84 Å². The Labute approximate surface area is 133 Å². The molecule has 0 spiro atoms. The number of β-amino-alcohol motifs (C(OH)–C–C–N with tert-alkyl or cyclic N) is 1. The first-order valence-corrected chi connectivity index (χ1v) is 7.81. The molecule has 0 radical (unpaired) electrons. The lowest BCUT2D eigenvalue weighted by Crippen LogP contribution is -2.33. The zero-order chi connectivity index (χ0) is 15.2. The van der Waals surface area contributed by atoms with Gasteiger partial charge in [0.1, 0.15) is 0 Å². The van der Waals surface area contributed by atoms with E-state index in [2.05, 4.69) is 30.9 Å². The third-order valence-electron chi connectivity index (χ3n) is 3.70. The van der Waals surface area contributed by atoms with Gasteiger partial charge in [-0.15, -0.1) is 0 Å². The standard InChI is InChI=1S/C14H21BrN4O2/c15-11-3-1-4-12(13(11)14(16)17-21)19-6-2-5-18(7-8-19)9-10-20/h1,3-4,20-21H,2,5-10H2,(H2,16,17). The van der Waals surface area contributed by atoms with Crippen molar-refractivity contribution in [2.75, 3.05) is 44.2 Å². The minimum atomic E-state index is 0.105. The van der Waals surface area contributed by atoms with Gasteiger partial charge < -0.3 is 20.9 Å². The molecule has 0 saturated carbocycles. The van der Waals surface area contributed by atoms with E-state index in [1.807, 2.05) is 18.2 Å². The Kier molecular flexibility index (Phi) is 5.84. The predicted octanol–water partition coefficient (Wildman–Crippen LogP) is 1.05. The Morgan fingerprint density at radius 3 is 2.81 bits per heavy atom. The van der Waals surface area contributed by atoms with Crippen LogP contribution < -0.4 is 10.6 Å². The van der Waals surface area contributed by atoms with Crippen molar-refractivity contribution in [1.82, 2.24) is 4.90 Å². The van der Waals surface area contributed by atoms with E-state index < -0.39 is 0 Å². The van der Waals surface area contributed by atoms with Crippen LogP contribution in [0.1, 0.15) is 12.0 Å². The topological polar surface area (TPSA) is 85.3 Å². The maximum Gasteiger partial charge on any atom is 0.173 e. The molecule has 1 aromatic carbocycles. The van der Waals surface area contributed by atoms with Crippen molar-refractivity contribution < 1.29 is 10.3 Å². The number of amidine groups is 1. The molecule has 1 fully saturated rings. The molecule has 1 aliphatic rings. The Balaban J connectivity index is 2.24. The molecular weight excluding hydrogens is 336 g/mol. The van der Waals surface area contributed by atoms with Crippen LogP contribution in [0.5, 0.6) is 0 Å². The Morgan fingerprint density at radius 2 is 2.10 bits per heavy atom. The lowest BCUT2D eigenvalue weighted by molar-refractivity contribution is 0.204.